The molecule has 1 aromatic carbocycles. The molecular formula is C10H6ClI2N3O. The molecule has 0 atom stereocenters. The van der Waals surface area contributed by atoms with Crippen molar-refractivity contribution in [1.29, 1.82) is 0 Å². The molecule has 0 spiro atoms. The van der Waals surface area contributed by atoms with Crippen LogP contribution in [0.15, 0.2) is 29.3 Å². The van der Waals surface area contributed by atoms with Crippen LogP contribution >= 0.6 is 56.8 Å². The number of aromatic amines is 1. The number of aromatic nitrogens is 2. The van der Waals surface area contributed by atoms with Crippen LogP contribution in [0.2, 0.25) is 5.02 Å². The Morgan fingerprint density at radius 1 is 1.35 bits per heavy atom. The molecule has 2 N–H and O–H groups in total. The van der Waals surface area contributed by atoms with E-state index in [1.54, 1.807) is 0 Å². The summed E-state index contributed by atoms with van der Waals surface area (Å²) < 4.78 is 1.55. The maximum Gasteiger partial charge on any atom is 0.266 e. The van der Waals surface area contributed by atoms with Crippen molar-refractivity contribution >= 4 is 68.3 Å². The third-order valence-corrected chi connectivity index (χ3v) is 3.97. The monoisotopic (exact) mass is 473 g/mol. The molecule has 0 saturated carbocycles. The second-order valence-corrected chi connectivity index (χ2v) is 5.87. The van der Waals surface area contributed by atoms with Crippen LogP contribution in [-0.2, 0) is 0 Å². The zero-order valence-corrected chi connectivity index (χ0v) is 13.4. The minimum atomic E-state index is -0.176. The maximum absolute atomic E-state index is 11.4. The van der Waals surface area contributed by atoms with Gasteiger partial charge in [-0.15, -0.1) is 0 Å². The molecule has 0 aliphatic carbocycles. The number of halogens is 3. The Balaban J connectivity index is 2.38. The fourth-order valence-electron chi connectivity index (χ4n) is 1.19. The molecule has 0 unspecified atom stereocenters. The Hall–Kier alpha value is -0.350. The summed E-state index contributed by atoms with van der Waals surface area (Å²) >= 11 is 10.2. The van der Waals surface area contributed by atoms with Gasteiger partial charge < -0.3 is 10.3 Å². The van der Waals surface area contributed by atoms with Crippen LogP contribution in [0.5, 0.6) is 0 Å². The number of nitrogens with one attached hydrogen (secondary N) is 2. The molecular weight excluding hydrogens is 467 g/mol. The summed E-state index contributed by atoms with van der Waals surface area (Å²) in [5.74, 6) is 0.498. The summed E-state index contributed by atoms with van der Waals surface area (Å²) in [5, 5.41) is 3.63. The van der Waals surface area contributed by atoms with Crippen LogP contribution in [0.4, 0.5) is 11.5 Å². The highest BCUT2D eigenvalue weighted by atomic mass is 127. The molecule has 0 bridgehead atoms. The van der Waals surface area contributed by atoms with Crippen LogP contribution < -0.4 is 10.9 Å². The normalized spacial score (nSPS) is 10.3. The zero-order chi connectivity index (χ0) is 12.4. The predicted octanol–water partition coefficient (Wildman–Crippen LogP) is 3.38. The van der Waals surface area contributed by atoms with Crippen molar-refractivity contribution in [3.8, 4) is 0 Å². The first kappa shape index (κ1) is 13.1. The standard InChI is InChI=1S/C10H6ClI2N3O/c11-6-3-5(12)1-2-7(6)16-9-8(13)10(17)15-4-14-9/h1-4H,(H2,14,15,16,17). The van der Waals surface area contributed by atoms with E-state index in [1.165, 1.54) is 6.33 Å². The molecule has 0 saturated heterocycles. The SMILES string of the molecule is O=c1[nH]cnc(Nc2ccc(I)cc2Cl)c1I. The summed E-state index contributed by atoms with van der Waals surface area (Å²) in [7, 11) is 0. The Bertz CT molecular complexity index is 615. The highest BCUT2D eigenvalue weighted by molar-refractivity contribution is 14.1. The van der Waals surface area contributed by atoms with Crippen LogP contribution in [-0.4, -0.2) is 9.97 Å². The lowest BCUT2D eigenvalue weighted by Gasteiger charge is -2.08. The highest BCUT2D eigenvalue weighted by Crippen LogP contribution is 2.27. The molecule has 0 aliphatic rings. The number of anilines is 2. The first-order chi connectivity index (χ1) is 8.08. The van der Waals surface area contributed by atoms with Gasteiger partial charge in [-0.2, -0.15) is 0 Å². The lowest BCUT2D eigenvalue weighted by atomic mass is 10.3. The zero-order valence-electron chi connectivity index (χ0n) is 8.30. The number of H-pyrrole nitrogens is 1. The van der Waals surface area contributed by atoms with Gasteiger partial charge in [-0.05, 0) is 63.4 Å². The molecule has 7 heteroatoms. The van der Waals surface area contributed by atoms with Crippen molar-refractivity contribution in [2.24, 2.45) is 0 Å². The molecule has 4 nitrogen and oxygen atoms in total. The van der Waals surface area contributed by atoms with E-state index in [0.717, 1.165) is 9.26 Å². The molecule has 1 aromatic heterocycles. The number of rotatable bonds is 2. The van der Waals surface area contributed by atoms with E-state index in [2.05, 4.69) is 37.9 Å². The topological polar surface area (TPSA) is 57.8 Å². The van der Waals surface area contributed by atoms with Gasteiger partial charge in [-0.25, -0.2) is 4.98 Å². The summed E-state index contributed by atoms with van der Waals surface area (Å²) in [4.78, 5) is 18.0. The van der Waals surface area contributed by atoms with E-state index in [9.17, 15) is 4.79 Å². The van der Waals surface area contributed by atoms with Crippen LogP contribution in [0.25, 0.3) is 0 Å². The van der Waals surface area contributed by atoms with E-state index >= 15 is 0 Å². The smallest absolute Gasteiger partial charge is 0.266 e. The van der Waals surface area contributed by atoms with Gasteiger partial charge in [-0.1, -0.05) is 11.6 Å². The molecule has 17 heavy (non-hydrogen) atoms. The van der Waals surface area contributed by atoms with E-state index in [-0.39, 0.29) is 5.56 Å². The van der Waals surface area contributed by atoms with Gasteiger partial charge in [0.2, 0.25) is 0 Å². The maximum atomic E-state index is 11.4. The molecule has 0 amide bonds. The Kier molecular flexibility index (Phi) is 4.26. The first-order valence-corrected chi connectivity index (χ1v) is 7.07. The Labute approximate surface area is 129 Å². The van der Waals surface area contributed by atoms with Crippen molar-refractivity contribution < 1.29 is 0 Å². The largest absolute Gasteiger partial charge is 0.338 e. The van der Waals surface area contributed by atoms with Crippen molar-refractivity contribution in [3.63, 3.8) is 0 Å². The molecule has 88 valence electrons. The summed E-state index contributed by atoms with van der Waals surface area (Å²) in [6.45, 7) is 0. The number of hydrogen-bond donors (Lipinski definition) is 2. The fourth-order valence-corrected chi connectivity index (χ4v) is 2.52. The van der Waals surface area contributed by atoms with E-state index < -0.39 is 0 Å². The van der Waals surface area contributed by atoms with E-state index in [1.807, 2.05) is 40.8 Å². The predicted molar refractivity (Wildman–Crippen MR) is 85.0 cm³/mol. The number of benzene rings is 1. The van der Waals surface area contributed by atoms with Gasteiger partial charge >= 0.3 is 0 Å². The highest BCUT2D eigenvalue weighted by Gasteiger charge is 2.07. The van der Waals surface area contributed by atoms with Gasteiger partial charge in [0.1, 0.15) is 3.57 Å². The minimum Gasteiger partial charge on any atom is -0.338 e. The van der Waals surface area contributed by atoms with Gasteiger partial charge in [0, 0.05) is 3.57 Å². The van der Waals surface area contributed by atoms with E-state index in [4.69, 9.17) is 11.6 Å². The molecule has 1 heterocycles. The summed E-state index contributed by atoms with van der Waals surface area (Å²) in [6, 6.07) is 5.61. The summed E-state index contributed by atoms with van der Waals surface area (Å²) in [5.41, 5.74) is 0.549. The van der Waals surface area contributed by atoms with Crippen molar-refractivity contribution in [2.45, 2.75) is 0 Å². The van der Waals surface area contributed by atoms with Gasteiger partial charge in [0.25, 0.3) is 5.56 Å². The minimum absolute atomic E-state index is 0.176. The lowest BCUT2D eigenvalue weighted by molar-refractivity contribution is 1.10. The quantitative estimate of drug-likeness (QED) is 0.658. The van der Waals surface area contributed by atoms with Gasteiger partial charge in [0.15, 0.2) is 5.82 Å². The Morgan fingerprint density at radius 2 is 2.12 bits per heavy atom. The number of hydrogen-bond acceptors (Lipinski definition) is 3. The van der Waals surface area contributed by atoms with Gasteiger partial charge in [-0.3, -0.25) is 4.79 Å². The number of nitrogens with zero attached hydrogens (tertiary/aromatic N) is 1. The van der Waals surface area contributed by atoms with Crippen LogP contribution in [0.3, 0.4) is 0 Å². The van der Waals surface area contributed by atoms with Gasteiger partial charge in [0.05, 0.1) is 17.0 Å². The second-order valence-electron chi connectivity index (χ2n) is 3.14. The van der Waals surface area contributed by atoms with Crippen molar-refractivity contribution in [1.82, 2.24) is 9.97 Å². The third kappa shape index (κ3) is 3.10. The molecule has 2 rings (SSSR count). The van der Waals surface area contributed by atoms with Crippen molar-refractivity contribution in [2.75, 3.05) is 5.32 Å². The molecule has 0 radical (unpaired) electrons. The third-order valence-electron chi connectivity index (χ3n) is 1.98. The second kappa shape index (κ2) is 5.53. The van der Waals surface area contributed by atoms with Crippen LogP contribution in [0.1, 0.15) is 0 Å². The fraction of sp³-hybridized carbons (Fsp3) is 0. The molecule has 0 fully saturated rings. The van der Waals surface area contributed by atoms with Crippen molar-refractivity contribution in [3.05, 3.63) is 47.0 Å². The average Bonchev–Trinajstić information content (AvgIpc) is 2.28. The lowest BCUT2D eigenvalue weighted by Crippen LogP contribution is -2.13. The first-order valence-electron chi connectivity index (χ1n) is 4.53. The summed E-state index contributed by atoms with van der Waals surface area (Å²) in [6.07, 6.45) is 1.35. The van der Waals surface area contributed by atoms with Crippen LogP contribution in [0, 0.1) is 7.14 Å². The van der Waals surface area contributed by atoms with E-state index in [0.29, 0.717) is 14.4 Å². The molecule has 0 aliphatic heterocycles. The average molecular weight is 473 g/mol. The Morgan fingerprint density at radius 3 is 2.82 bits per heavy atom. The molecule has 2 aromatic rings.